The minimum Gasteiger partial charge on any atom is -0.385 e. The number of halogens is 6. The summed E-state index contributed by atoms with van der Waals surface area (Å²) in [4.78, 5) is 13.9. The second kappa shape index (κ2) is 7.85. The fourth-order valence-corrected chi connectivity index (χ4v) is 3.69. The molecule has 0 unspecified atom stereocenters. The number of hydrogen-bond donors (Lipinski definition) is 1. The number of benzene rings is 1. The summed E-state index contributed by atoms with van der Waals surface area (Å²) in [6, 6.07) is 4.43. The summed E-state index contributed by atoms with van der Waals surface area (Å²) >= 11 is 0. The predicted octanol–water partition coefficient (Wildman–Crippen LogP) is 4.05. The highest BCUT2D eigenvalue weighted by Crippen LogP contribution is 2.37. The number of aliphatic hydroxyl groups is 1. The second-order valence-corrected chi connectivity index (χ2v) is 7.71. The number of alkyl halides is 6. The van der Waals surface area contributed by atoms with Gasteiger partial charge in [0, 0.05) is 24.3 Å². The van der Waals surface area contributed by atoms with E-state index in [9.17, 15) is 36.2 Å². The molecule has 1 aromatic carbocycles. The van der Waals surface area contributed by atoms with E-state index < -0.39 is 41.7 Å². The largest absolute Gasteiger partial charge is 0.435 e. The van der Waals surface area contributed by atoms with Crippen molar-refractivity contribution in [1.29, 1.82) is 0 Å². The van der Waals surface area contributed by atoms with Crippen molar-refractivity contribution in [3.8, 4) is 0 Å². The molecule has 0 aliphatic carbocycles. The maximum atomic E-state index is 13.0. The van der Waals surface area contributed by atoms with E-state index in [4.69, 9.17) is 0 Å². The van der Waals surface area contributed by atoms with Crippen LogP contribution in [0.5, 0.6) is 0 Å². The number of hydrogen-bond acceptors (Lipinski definition) is 3. The highest BCUT2D eigenvalue weighted by molar-refractivity contribution is 5.76. The normalized spacial score (nSPS) is 17.1. The van der Waals surface area contributed by atoms with Gasteiger partial charge in [-0.3, -0.25) is 9.48 Å². The molecule has 1 amide bonds. The SMILES string of the molecule is Cc1c(C(F)(F)F)nn(CC(=O)N2CCC(O)(c3cccc(C(F)(F)F)c3)CC2)c1C. The van der Waals surface area contributed by atoms with Crippen LogP contribution >= 0.6 is 0 Å². The topological polar surface area (TPSA) is 58.4 Å². The molecule has 0 bridgehead atoms. The van der Waals surface area contributed by atoms with E-state index >= 15 is 0 Å². The Labute approximate surface area is 174 Å². The van der Waals surface area contributed by atoms with Crippen LogP contribution in [0.1, 0.15) is 40.9 Å². The number of nitrogens with zero attached hydrogens (tertiary/aromatic N) is 3. The molecule has 0 radical (unpaired) electrons. The van der Waals surface area contributed by atoms with Crippen molar-refractivity contribution in [2.45, 2.75) is 51.2 Å². The smallest absolute Gasteiger partial charge is 0.385 e. The number of likely N-dealkylation sites (tertiary alicyclic amines) is 1. The van der Waals surface area contributed by atoms with Crippen molar-refractivity contribution in [1.82, 2.24) is 14.7 Å². The number of rotatable bonds is 3. The second-order valence-electron chi connectivity index (χ2n) is 7.71. The zero-order chi connectivity index (χ0) is 23.2. The Hall–Kier alpha value is -2.56. The molecule has 0 atom stereocenters. The van der Waals surface area contributed by atoms with E-state index in [-0.39, 0.29) is 42.8 Å². The van der Waals surface area contributed by atoms with Crippen LogP contribution in [0.3, 0.4) is 0 Å². The average molecular weight is 449 g/mol. The predicted molar refractivity (Wildman–Crippen MR) is 97.9 cm³/mol. The molecule has 1 saturated heterocycles. The molecule has 1 N–H and O–H groups in total. The van der Waals surface area contributed by atoms with Gasteiger partial charge >= 0.3 is 12.4 Å². The summed E-state index contributed by atoms with van der Waals surface area (Å²) in [5, 5.41) is 14.4. The molecule has 1 aliphatic rings. The third kappa shape index (κ3) is 4.70. The van der Waals surface area contributed by atoms with E-state index in [1.165, 1.54) is 30.9 Å². The maximum Gasteiger partial charge on any atom is 0.435 e. The van der Waals surface area contributed by atoms with Gasteiger partial charge in [0.05, 0.1) is 11.2 Å². The molecule has 1 fully saturated rings. The molecule has 5 nitrogen and oxygen atoms in total. The molecule has 0 saturated carbocycles. The zero-order valence-electron chi connectivity index (χ0n) is 16.8. The molecule has 0 spiro atoms. The van der Waals surface area contributed by atoms with Gasteiger partial charge in [-0.15, -0.1) is 0 Å². The van der Waals surface area contributed by atoms with Crippen molar-refractivity contribution in [2.24, 2.45) is 0 Å². The van der Waals surface area contributed by atoms with Gasteiger partial charge in [0.2, 0.25) is 5.91 Å². The van der Waals surface area contributed by atoms with Crippen LogP contribution < -0.4 is 0 Å². The van der Waals surface area contributed by atoms with E-state index in [1.54, 1.807) is 0 Å². The first kappa shape index (κ1) is 23.1. The Kier molecular flexibility index (Phi) is 5.85. The Bertz CT molecular complexity index is 972. The van der Waals surface area contributed by atoms with Gasteiger partial charge in [-0.25, -0.2) is 0 Å². The first-order valence-electron chi connectivity index (χ1n) is 9.51. The number of amides is 1. The Balaban J connectivity index is 1.69. The lowest BCUT2D eigenvalue weighted by molar-refractivity contribution is -0.143. The van der Waals surface area contributed by atoms with Crippen LogP contribution in [0.25, 0.3) is 0 Å². The molecular formula is C20H21F6N3O2. The van der Waals surface area contributed by atoms with Crippen LogP contribution in [-0.4, -0.2) is 38.8 Å². The number of carbonyl (C=O) groups is 1. The molecule has 3 rings (SSSR count). The minimum atomic E-state index is -4.63. The number of piperidine rings is 1. The molecular weight excluding hydrogens is 428 g/mol. The highest BCUT2D eigenvalue weighted by Gasteiger charge is 2.39. The van der Waals surface area contributed by atoms with E-state index in [1.807, 2.05) is 0 Å². The van der Waals surface area contributed by atoms with Gasteiger partial charge in [-0.2, -0.15) is 31.4 Å². The monoisotopic (exact) mass is 449 g/mol. The Morgan fingerprint density at radius 2 is 1.71 bits per heavy atom. The molecule has 11 heteroatoms. The molecule has 2 heterocycles. The fraction of sp³-hybridized carbons (Fsp3) is 0.500. The first-order chi connectivity index (χ1) is 14.2. The molecule has 1 aliphatic heterocycles. The van der Waals surface area contributed by atoms with Gasteiger partial charge < -0.3 is 10.0 Å². The lowest BCUT2D eigenvalue weighted by Crippen LogP contribution is -2.46. The van der Waals surface area contributed by atoms with Gasteiger partial charge in [0.1, 0.15) is 6.54 Å². The Morgan fingerprint density at radius 1 is 1.10 bits per heavy atom. The van der Waals surface area contributed by atoms with Gasteiger partial charge in [-0.1, -0.05) is 12.1 Å². The van der Waals surface area contributed by atoms with E-state index in [0.29, 0.717) is 0 Å². The van der Waals surface area contributed by atoms with Gasteiger partial charge in [0.15, 0.2) is 5.69 Å². The minimum absolute atomic E-state index is 0.00493. The van der Waals surface area contributed by atoms with Crippen molar-refractivity contribution in [3.63, 3.8) is 0 Å². The number of carbonyl (C=O) groups excluding carboxylic acids is 1. The van der Waals surface area contributed by atoms with Crippen LogP contribution in [0, 0.1) is 13.8 Å². The van der Waals surface area contributed by atoms with Crippen molar-refractivity contribution < 1.29 is 36.2 Å². The first-order valence-corrected chi connectivity index (χ1v) is 9.51. The summed E-state index contributed by atoms with van der Waals surface area (Å²) in [6.07, 6.45) is -9.16. The van der Waals surface area contributed by atoms with Gasteiger partial charge in [0.25, 0.3) is 0 Å². The Morgan fingerprint density at radius 3 is 2.23 bits per heavy atom. The van der Waals surface area contributed by atoms with Crippen LogP contribution in [0.4, 0.5) is 26.3 Å². The fourth-order valence-electron chi connectivity index (χ4n) is 3.69. The summed E-state index contributed by atoms with van der Waals surface area (Å²) in [5.41, 5.74) is -3.17. The van der Waals surface area contributed by atoms with Crippen molar-refractivity contribution in [2.75, 3.05) is 13.1 Å². The van der Waals surface area contributed by atoms with Gasteiger partial charge in [-0.05, 0) is 44.4 Å². The third-order valence-electron chi connectivity index (χ3n) is 5.73. The lowest BCUT2D eigenvalue weighted by Gasteiger charge is -2.38. The summed E-state index contributed by atoms with van der Waals surface area (Å²) in [7, 11) is 0. The van der Waals surface area contributed by atoms with Crippen LogP contribution in [0.2, 0.25) is 0 Å². The molecule has 2 aromatic rings. The molecule has 170 valence electrons. The zero-order valence-corrected chi connectivity index (χ0v) is 16.8. The standard InChI is InChI=1S/C20H21F6N3O2/c1-12-13(2)29(27-17(12)20(24,25)26)11-16(30)28-8-6-18(31,7-9-28)14-4-3-5-15(10-14)19(21,22)23/h3-5,10,31H,6-9,11H2,1-2H3. The van der Waals surface area contributed by atoms with E-state index in [0.717, 1.165) is 16.8 Å². The lowest BCUT2D eigenvalue weighted by atomic mass is 9.83. The van der Waals surface area contributed by atoms with Crippen LogP contribution in [0.15, 0.2) is 24.3 Å². The highest BCUT2D eigenvalue weighted by atomic mass is 19.4. The maximum absolute atomic E-state index is 13.0. The van der Waals surface area contributed by atoms with Crippen molar-refractivity contribution in [3.05, 3.63) is 52.3 Å². The summed E-state index contributed by atoms with van der Waals surface area (Å²) in [5.74, 6) is -0.481. The van der Waals surface area contributed by atoms with Crippen LogP contribution in [-0.2, 0) is 29.3 Å². The quantitative estimate of drug-likeness (QED) is 0.720. The summed E-state index contributed by atoms with van der Waals surface area (Å²) < 4.78 is 78.9. The third-order valence-corrected chi connectivity index (χ3v) is 5.73. The average Bonchev–Trinajstić information content (AvgIpc) is 2.96. The molecule has 1 aromatic heterocycles. The van der Waals surface area contributed by atoms with Crippen molar-refractivity contribution >= 4 is 5.91 Å². The summed E-state index contributed by atoms with van der Waals surface area (Å²) in [6.45, 7) is 2.43. The molecule has 31 heavy (non-hydrogen) atoms. The number of aromatic nitrogens is 2. The van der Waals surface area contributed by atoms with E-state index in [2.05, 4.69) is 5.10 Å².